The van der Waals surface area contributed by atoms with Crippen molar-refractivity contribution in [2.45, 2.75) is 13.8 Å². The Morgan fingerprint density at radius 2 is 2.12 bits per heavy atom. The second-order valence-electron chi connectivity index (χ2n) is 3.76. The minimum atomic E-state index is -1.18. The summed E-state index contributed by atoms with van der Waals surface area (Å²) in [6.45, 7) is 3.89. The highest BCUT2D eigenvalue weighted by molar-refractivity contribution is 5.90. The van der Waals surface area contributed by atoms with E-state index in [-0.39, 0.29) is 11.5 Å². The quantitative estimate of drug-likeness (QED) is 0.810. The molecule has 1 aromatic carbocycles. The average molecular weight is 232 g/mol. The van der Waals surface area contributed by atoms with Gasteiger partial charge in [-0.2, -0.15) is 4.68 Å². The maximum absolute atomic E-state index is 10.8. The van der Waals surface area contributed by atoms with Crippen LogP contribution >= 0.6 is 0 Å². The predicted octanol–water partition coefficient (Wildman–Crippen LogP) is 1.16. The summed E-state index contributed by atoms with van der Waals surface area (Å²) in [6, 6.07) is 5.64. The Bertz CT molecular complexity index is 589. The van der Waals surface area contributed by atoms with E-state index in [1.807, 2.05) is 32.0 Å². The van der Waals surface area contributed by atoms with Gasteiger partial charge in [0, 0.05) is 0 Å². The van der Waals surface area contributed by atoms with Crippen molar-refractivity contribution < 1.29 is 9.90 Å². The average Bonchev–Trinajstić information content (AvgIpc) is 2.64. The van der Waals surface area contributed by atoms with E-state index >= 15 is 0 Å². The van der Waals surface area contributed by atoms with Crippen LogP contribution in [-0.4, -0.2) is 26.1 Å². The Kier molecular flexibility index (Phi) is 2.55. The van der Waals surface area contributed by atoms with Gasteiger partial charge in [-0.05, 0) is 31.0 Å². The molecule has 0 saturated heterocycles. The monoisotopic (exact) mass is 232 g/mol. The van der Waals surface area contributed by atoms with Crippen LogP contribution < -0.4 is 5.73 Å². The maximum atomic E-state index is 10.8. The second-order valence-corrected chi connectivity index (χ2v) is 3.76. The van der Waals surface area contributed by atoms with Crippen molar-refractivity contribution in [3.63, 3.8) is 0 Å². The van der Waals surface area contributed by atoms with E-state index in [2.05, 4.69) is 10.3 Å². The highest BCUT2D eigenvalue weighted by atomic mass is 16.4. The molecule has 0 fully saturated rings. The first-order chi connectivity index (χ1) is 8.02. The highest BCUT2D eigenvalue weighted by Crippen LogP contribution is 2.20. The van der Waals surface area contributed by atoms with E-state index in [0.717, 1.165) is 16.8 Å². The van der Waals surface area contributed by atoms with Gasteiger partial charge in [0.15, 0.2) is 5.82 Å². The van der Waals surface area contributed by atoms with Crippen molar-refractivity contribution in [3.05, 3.63) is 35.0 Å². The Labute approximate surface area is 97.7 Å². The molecule has 6 nitrogen and oxygen atoms in total. The van der Waals surface area contributed by atoms with Gasteiger partial charge in [0.25, 0.3) is 0 Å². The Balaban J connectivity index is 2.62. The van der Waals surface area contributed by atoms with Gasteiger partial charge >= 0.3 is 5.97 Å². The lowest BCUT2D eigenvalue weighted by Gasteiger charge is -2.08. The zero-order valence-corrected chi connectivity index (χ0v) is 9.51. The number of hydrogen-bond donors (Lipinski definition) is 2. The van der Waals surface area contributed by atoms with Crippen LogP contribution in [-0.2, 0) is 0 Å². The molecule has 2 rings (SSSR count). The molecule has 2 aromatic rings. The lowest BCUT2D eigenvalue weighted by atomic mass is 10.1. The van der Waals surface area contributed by atoms with Crippen molar-refractivity contribution in [1.29, 1.82) is 0 Å². The molecule has 0 unspecified atom stereocenters. The van der Waals surface area contributed by atoms with E-state index in [4.69, 9.17) is 10.8 Å². The summed E-state index contributed by atoms with van der Waals surface area (Å²) in [6.07, 6.45) is 0. The zero-order valence-electron chi connectivity index (χ0n) is 9.51. The van der Waals surface area contributed by atoms with Crippen LogP contribution in [0.4, 0.5) is 5.82 Å². The number of aryl methyl sites for hydroxylation is 1. The van der Waals surface area contributed by atoms with Gasteiger partial charge in [0.1, 0.15) is 0 Å². The van der Waals surface area contributed by atoms with Crippen molar-refractivity contribution in [1.82, 2.24) is 15.0 Å². The normalized spacial score (nSPS) is 10.5. The number of hydrogen-bond acceptors (Lipinski definition) is 4. The number of rotatable bonds is 2. The molecule has 1 heterocycles. The van der Waals surface area contributed by atoms with Crippen LogP contribution in [0.15, 0.2) is 18.2 Å². The molecule has 0 bridgehead atoms. The van der Waals surface area contributed by atoms with Crippen LogP contribution in [0.5, 0.6) is 0 Å². The van der Waals surface area contributed by atoms with E-state index in [1.165, 1.54) is 4.68 Å². The molecule has 0 aliphatic carbocycles. The summed E-state index contributed by atoms with van der Waals surface area (Å²) < 4.78 is 1.34. The molecule has 88 valence electrons. The number of aromatic nitrogens is 3. The number of aromatic carboxylic acids is 1. The topological polar surface area (TPSA) is 94.0 Å². The molecule has 0 aliphatic heterocycles. The smallest absolute Gasteiger partial charge is 0.360 e. The number of anilines is 1. The van der Waals surface area contributed by atoms with Crippen LogP contribution in [0.1, 0.15) is 21.6 Å². The standard InChI is InChI=1S/C11H12N4O2/c1-6-4-3-5-8(7(6)2)15-10(12)9(11(16)17)13-14-15/h3-5H,12H2,1-2H3,(H,16,17). The third-order valence-electron chi connectivity index (χ3n) is 2.71. The third-order valence-corrected chi connectivity index (χ3v) is 2.71. The number of carboxylic acid groups (broad SMARTS) is 1. The van der Waals surface area contributed by atoms with Crippen LogP contribution in [0.3, 0.4) is 0 Å². The number of nitrogens with two attached hydrogens (primary N) is 1. The van der Waals surface area contributed by atoms with Crippen molar-refractivity contribution in [2.24, 2.45) is 0 Å². The molecule has 3 N–H and O–H groups in total. The maximum Gasteiger partial charge on any atom is 0.360 e. The summed E-state index contributed by atoms with van der Waals surface area (Å²) in [4.78, 5) is 10.8. The van der Waals surface area contributed by atoms with Gasteiger partial charge < -0.3 is 10.8 Å². The Morgan fingerprint density at radius 1 is 1.41 bits per heavy atom. The summed E-state index contributed by atoms with van der Waals surface area (Å²) in [5.74, 6) is -1.15. The van der Waals surface area contributed by atoms with Gasteiger partial charge in [-0.3, -0.25) is 0 Å². The molecule has 0 radical (unpaired) electrons. The number of carbonyl (C=O) groups is 1. The molecule has 6 heteroatoms. The van der Waals surface area contributed by atoms with Gasteiger partial charge in [0.2, 0.25) is 5.69 Å². The predicted molar refractivity (Wildman–Crippen MR) is 62.2 cm³/mol. The third kappa shape index (κ3) is 1.73. The zero-order chi connectivity index (χ0) is 12.6. The molecule has 1 aromatic heterocycles. The first-order valence-corrected chi connectivity index (χ1v) is 5.03. The number of nitrogens with zero attached hydrogens (tertiary/aromatic N) is 3. The SMILES string of the molecule is Cc1cccc(-n2nnc(C(=O)O)c2N)c1C. The second kappa shape index (κ2) is 3.89. The fourth-order valence-corrected chi connectivity index (χ4v) is 1.58. The molecule has 0 aliphatic rings. The van der Waals surface area contributed by atoms with Gasteiger partial charge in [0.05, 0.1) is 5.69 Å². The summed E-state index contributed by atoms with van der Waals surface area (Å²) in [5.41, 5.74) is 8.29. The van der Waals surface area contributed by atoms with E-state index in [1.54, 1.807) is 0 Å². The Morgan fingerprint density at radius 3 is 2.71 bits per heavy atom. The lowest BCUT2D eigenvalue weighted by Crippen LogP contribution is -2.07. The van der Waals surface area contributed by atoms with Crippen LogP contribution in [0.2, 0.25) is 0 Å². The van der Waals surface area contributed by atoms with E-state index in [9.17, 15) is 4.79 Å². The summed E-state index contributed by atoms with van der Waals surface area (Å²) in [5, 5.41) is 16.2. The fourth-order valence-electron chi connectivity index (χ4n) is 1.58. The Hall–Kier alpha value is -2.37. The largest absolute Gasteiger partial charge is 0.476 e. The first kappa shape index (κ1) is 11.1. The molecular weight excluding hydrogens is 220 g/mol. The van der Waals surface area contributed by atoms with Crippen molar-refractivity contribution in [2.75, 3.05) is 5.73 Å². The molecule has 0 spiro atoms. The fraction of sp³-hybridized carbons (Fsp3) is 0.182. The van der Waals surface area contributed by atoms with Gasteiger partial charge in [-0.1, -0.05) is 17.3 Å². The van der Waals surface area contributed by atoms with Crippen LogP contribution in [0.25, 0.3) is 5.69 Å². The highest BCUT2D eigenvalue weighted by Gasteiger charge is 2.18. The molecular formula is C11H12N4O2. The molecule has 17 heavy (non-hydrogen) atoms. The number of carboxylic acids is 1. The van der Waals surface area contributed by atoms with Gasteiger partial charge in [-0.15, -0.1) is 5.10 Å². The lowest BCUT2D eigenvalue weighted by molar-refractivity contribution is 0.0691. The number of benzene rings is 1. The molecule has 0 atom stereocenters. The molecule has 0 saturated carbocycles. The van der Waals surface area contributed by atoms with Gasteiger partial charge in [-0.25, -0.2) is 4.79 Å². The van der Waals surface area contributed by atoms with Crippen LogP contribution in [0, 0.1) is 13.8 Å². The number of nitrogen functional groups attached to an aromatic ring is 1. The first-order valence-electron chi connectivity index (χ1n) is 5.03. The van der Waals surface area contributed by atoms with Crippen molar-refractivity contribution in [3.8, 4) is 5.69 Å². The summed E-state index contributed by atoms with van der Waals surface area (Å²) >= 11 is 0. The minimum absolute atomic E-state index is 0.0335. The van der Waals surface area contributed by atoms with Crippen molar-refractivity contribution >= 4 is 11.8 Å². The molecule has 0 amide bonds. The summed E-state index contributed by atoms with van der Waals surface area (Å²) in [7, 11) is 0. The van der Waals surface area contributed by atoms with E-state index in [0.29, 0.717) is 0 Å². The minimum Gasteiger partial charge on any atom is -0.476 e. The van der Waals surface area contributed by atoms with E-state index < -0.39 is 5.97 Å².